The third-order valence-electron chi connectivity index (χ3n) is 6.55. The summed E-state index contributed by atoms with van der Waals surface area (Å²) in [6.07, 6.45) is 0.746. The molecule has 1 saturated heterocycles. The van der Waals surface area contributed by atoms with E-state index in [9.17, 15) is 4.79 Å². The number of rotatable bonds is 10. The molecule has 1 aliphatic heterocycles. The first-order valence-electron chi connectivity index (χ1n) is 12.2. The minimum Gasteiger partial charge on any atom is -0.493 e. The number of hydrogen-bond donors (Lipinski definition) is 1. The molecule has 0 radical (unpaired) electrons. The van der Waals surface area contributed by atoms with E-state index in [-0.39, 0.29) is 11.9 Å². The van der Waals surface area contributed by atoms with Crippen molar-refractivity contribution in [1.82, 2.24) is 15.1 Å². The first-order chi connectivity index (χ1) is 17.2. The van der Waals surface area contributed by atoms with Crippen molar-refractivity contribution in [1.29, 1.82) is 0 Å². The maximum atomic E-state index is 12.6. The van der Waals surface area contributed by atoms with Gasteiger partial charge in [0.1, 0.15) is 0 Å². The van der Waals surface area contributed by atoms with Crippen molar-refractivity contribution >= 4 is 5.91 Å². The summed E-state index contributed by atoms with van der Waals surface area (Å²) in [5, 5.41) is 3.06. The third-order valence-corrected chi connectivity index (χ3v) is 6.55. The first kappa shape index (κ1) is 24.8. The Labute approximate surface area is 208 Å². The van der Waals surface area contributed by atoms with Crippen LogP contribution in [0.15, 0.2) is 78.9 Å². The quantitative estimate of drug-likeness (QED) is 0.486. The Kier molecular flexibility index (Phi) is 8.76. The zero-order valence-corrected chi connectivity index (χ0v) is 20.7. The molecule has 3 aromatic rings. The number of benzene rings is 3. The SMILES string of the molecule is COc1ccc(CCNC(=O)CN2CCN(C(c3ccccc3)c3ccccc3)CC2)cc1OC. The van der Waals surface area contributed by atoms with Crippen molar-refractivity contribution < 1.29 is 14.3 Å². The maximum absolute atomic E-state index is 12.6. The van der Waals surface area contributed by atoms with E-state index in [0.29, 0.717) is 24.6 Å². The van der Waals surface area contributed by atoms with Crippen LogP contribution in [0.5, 0.6) is 11.5 Å². The van der Waals surface area contributed by atoms with Crippen LogP contribution in [-0.2, 0) is 11.2 Å². The van der Waals surface area contributed by atoms with Gasteiger partial charge in [-0.1, -0.05) is 66.7 Å². The van der Waals surface area contributed by atoms with Crippen molar-refractivity contribution in [2.75, 3.05) is 53.5 Å². The summed E-state index contributed by atoms with van der Waals surface area (Å²) in [4.78, 5) is 17.3. The number of methoxy groups -OCH3 is 2. The Morgan fingerprint density at radius 2 is 1.43 bits per heavy atom. The maximum Gasteiger partial charge on any atom is 0.234 e. The summed E-state index contributed by atoms with van der Waals surface area (Å²) >= 11 is 0. The molecule has 0 atom stereocenters. The molecule has 184 valence electrons. The Bertz CT molecular complexity index is 1030. The van der Waals surface area contributed by atoms with E-state index in [1.165, 1.54) is 11.1 Å². The summed E-state index contributed by atoms with van der Waals surface area (Å²) in [6.45, 7) is 4.62. The number of carbonyl (C=O) groups is 1. The fourth-order valence-electron chi connectivity index (χ4n) is 4.71. The van der Waals surface area contributed by atoms with Gasteiger partial charge < -0.3 is 14.8 Å². The molecule has 0 spiro atoms. The molecule has 1 fully saturated rings. The van der Waals surface area contributed by atoms with Gasteiger partial charge in [0.25, 0.3) is 0 Å². The molecular weight excluding hydrogens is 438 g/mol. The standard InChI is InChI=1S/C29H35N3O3/c1-34-26-14-13-23(21-27(26)35-2)15-16-30-28(33)22-31-17-19-32(20-18-31)29(24-9-5-3-6-10-24)25-11-7-4-8-12-25/h3-14,21,29H,15-20,22H2,1-2H3,(H,30,33). The lowest BCUT2D eigenvalue weighted by Crippen LogP contribution is -2.50. The van der Waals surface area contributed by atoms with Crippen LogP contribution in [0.4, 0.5) is 0 Å². The van der Waals surface area contributed by atoms with Crippen LogP contribution in [0.25, 0.3) is 0 Å². The van der Waals surface area contributed by atoms with E-state index in [0.717, 1.165) is 38.2 Å². The summed E-state index contributed by atoms with van der Waals surface area (Å²) in [7, 11) is 3.26. The monoisotopic (exact) mass is 473 g/mol. The minimum atomic E-state index is 0.0709. The molecule has 0 unspecified atom stereocenters. The number of nitrogens with zero attached hydrogens (tertiary/aromatic N) is 2. The van der Waals surface area contributed by atoms with Crippen molar-refractivity contribution in [3.63, 3.8) is 0 Å². The second-order valence-electron chi connectivity index (χ2n) is 8.83. The highest BCUT2D eigenvalue weighted by atomic mass is 16.5. The zero-order valence-electron chi connectivity index (χ0n) is 20.7. The highest BCUT2D eigenvalue weighted by Crippen LogP contribution is 2.29. The predicted octanol–water partition coefficient (Wildman–Crippen LogP) is 3.77. The van der Waals surface area contributed by atoms with Crippen LogP contribution in [0.2, 0.25) is 0 Å². The molecule has 1 N–H and O–H groups in total. The number of carbonyl (C=O) groups excluding carboxylic acids is 1. The average Bonchev–Trinajstić information content (AvgIpc) is 2.91. The van der Waals surface area contributed by atoms with Crippen LogP contribution >= 0.6 is 0 Å². The van der Waals surface area contributed by atoms with Gasteiger partial charge in [0, 0.05) is 32.7 Å². The fourth-order valence-corrected chi connectivity index (χ4v) is 4.71. The second-order valence-corrected chi connectivity index (χ2v) is 8.83. The molecule has 0 bridgehead atoms. The van der Waals surface area contributed by atoms with E-state index < -0.39 is 0 Å². The molecule has 0 aromatic heterocycles. The number of nitrogens with one attached hydrogen (secondary N) is 1. The number of hydrogen-bond acceptors (Lipinski definition) is 5. The summed E-state index contributed by atoms with van der Waals surface area (Å²) in [5.74, 6) is 1.49. The van der Waals surface area contributed by atoms with Crippen LogP contribution in [0, 0.1) is 0 Å². The van der Waals surface area contributed by atoms with Gasteiger partial charge in [-0.2, -0.15) is 0 Å². The lowest BCUT2D eigenvalue weighted by molar-refractivity contribution is -0.122. The molecule has 6 nitrogen and oxygen atoms in total. The van der Waals surface area contributed by atoms with E-state index in [4.69, 9.17) is 9.47 Å². The summed E-state index contributed by atoms with van der Waals surface area (Å²) < 4.78 is 10.7. The van der Waals surface area contributed by atoms with E-state index in [2.05, 4.69) is 75.8 Å². The molecule has 6 heteroatoms. The second kappa shape index (κ2) is 12.4. The normalized spacial score (nSPS) is 14.6. The van der Waals surface area contributed by atoms with E-state index in [1.54, 1.807) is 14.2 Å². The first-order valence-corrected chi connectivity index (χ1v) is 12.2. The summed E-state index contributed by atoms with van der Waals surface area (Å²) in [5.41, 5.74) is 3.71. The molecule has 35 heavy (non-hydrogen) atoms. The highest BCUT2D eigenvalue weighted by Gasteiger charge is 2.26. The molecule has 0 aliphatic carbocycles. The van der Waals surface area contributed by atoms with Crippen molar-refractivity contribution in [3.05, 3.63) is 95.6 Å². The highest BCUT2D eigenvalue weighted by molar-refractivity contribution is 5.78. The number of amides is 1. The average molecular weight is 474 g/mol. The summed E-state index contributed by atoms with van der Waals surface area (Å²) in [6, 6.07) is 27.5. The molecular formula is C29H35N3O3. The minimum absolute atomic E-state index is 0.0709. The molecule has 1 amide bonds. The molecule has 4 rings (SSSR count). The van der Waals surface area contributed by atoms with Gasteiger partial charge in [-0.25, -0.2) is 0 Å². The van der Waals surface area contributed by atoms with Gasteiger partial charge in [0.05, 0.1) is 26.8 Å². The topological polar surface area (TPSA) is 54.0 Å². The molecule has 0 saturated carbocycles. The Morgan fingerprint density at radius 3 is 2.00 bits per heavy atom. The number of piperazine rings is 1. The predicted molar refractivity (Wildman–Crippen MR) is 139 cm³/mol. The van der Waals surface area contributed by atoms with Crippen molar-refractivity contribution in [2.45, 2.75) is 12.5 Å². The third kappa shape index (κ3) is 6.62. The van der Waals surface area contributed by atoms with Crippen LogP contribution in [0.3, 0.4) is 0 Å². The fraction of sp³-hybridized carbons (Fsp3) is 0.345. The zero-order chi connectivity index (χ0) is 24.5. The van der Waals surface area contributed by atoms with E-state index >= 15 is 0 Å². The van der Waals surface area contributed by atoms with Gasteiger partial charge in [0.15, 0.2) is 11.5 Å². The van der Waals surface area contributed by atoms with Gasteiger partial charge >= 0.3 is 0 Å². The van der Waals surface area contributed by atoms with Crippen LogP contribution in [-0.4, -0.2) is 69.2 Å². The van der Waals surface area contributed by atoms with Gasteiger partial charge in [-0.3, -0.25) is 14.6 Å². The Hall–Kier alpha value is -3.35. The lowest BCUT2D eigenvalue weighted by Gasteiger charge is -2.39. The van der Waals surface area contributed by atoms with Gasteiger partial charge in [-0.05, 0) is 35.2 Å². The molecule has 1 heterocycles. The Balaban J connectivity index is 1.26. The van der Waals surface area contributed by atoms with Crippen molar-refractivity contribution in [3.8, 4) is 11.5 Å². The van der Waals surface area contributed by atoms with Gasteiger partial charge in [-0.15, -0.1) is 0 Å². The lowest BCUT2D eigenvalue weighted by atomic mass is 9.96. The Morgan fingerprint density at radius 1 is 0.829 bits per heavy atom. The number of ether oxygens (including phenoxy) is 2. The largest absolute Gasteiger partial charge is 0.493 e. The molecule has 3 aromatic carbocycles. The van der Waals surface area contributed by atoms with Crippen molar-refractivity contribution in [2.24, 2.45) is 0 Å². The van der Waals surface area contributed by atoms with Gasteiger partial charge in [0.2, 0.25) is 5.91 Å². The molecule has 1 aliphatic rings. The van der Waals surface area contributed by atoms with Crippen LogP contribution < -0.4 is 14.8 Å². The van der Waals surface area contributed by atoms with Crippen LogP contribution in [0.1, 0.15) is 22.7 Å². The van der Waals surface area contributed by atoms with E-state index in [1.807, 2.05) is 18.2 Å². The smallest absolute Gasteiger partial charge is 0.234 e.